The Hall–Kier alpha value is -12.7. The number of benzene rings is 3. The number of aliphatic hydroxyl groups excluding tert-OH is 3. The van der Waals surface area contributed by atoms with Gasteiger partial charge in [-0.2, -0.15) is 45.1 Å². The van der Waals surface area contributed by atoms with Crippen LogP contribution >= 0.6 is 0 Å². The van der Waals surface area contributed by atoms with E-state index in [1.54, 1.807) is 41.5 Å². The van der Waals surface area contributed by atoms with Crippen molar-refractivity contribution in [3.05, 3.63) is 177 Å². The van der Waals surface area contributed by atoms with E-state index in [-0.39, 0.29) is 59.4 Å². The molecule has 3 aromatic carbocycles. The number of ether oxygens (including phenoxy) is 4. The number of hydrogen-bond donors (Lipinski definition) is 13. The second kappa shape index (κ2) is 45.5. The molecule has 0 saturated carbocycles. The van der Waals surface area contributed by atoms with Crippen molar-refractivity contribution in [1.29, 1.82) is 0 Å². The molecule has 3 aromatic heterocycles. The molecule has 0 spiro atoms. The zero-order valence-electron chi connectivity index (χ0n) is 72.5. The molecular formula is C86H100F11N11O22. The molecule has 3 saturated heterocycles. The summed E-state index contributed by atoms with van der Waals surface area (Å²) in [5.74, 6) is -38.5. The van der Waals surface area contributed by atoms with Crippen LogP contribution in [-0.4, -0.2) is 220 Å². The van der Waals surface area contributed by atoms with Crippen molar-refractivity contribution in [2.75, 3.05) is 7.05 Å². The SMILES string of the molecule is CC(C)CC1C(=O)O[C@H](C)[C@H](NC(=O)c2ccccc2O)C(=O)N[C@@H](Cc2c(F)nc(F)c(F)c2F)[C@@H](O)[C@@H](C)C(=O)N1C.CC(C)CC1NC(=O)[C@H](C)[C@H](O)[C@H](Cc2c(F)nc(F)c(F)c2F)NC(=O)[C@@H](NC(=O)c2ccccc2O)[C@@H](C)OC1=O.Cc1nc(F)c(F)c(F)c1C[C@@H]1NC(=O)[C@@H](NC(=O)c2ccccc2O)[C@@H](C)OC(=O)C(CC(C)C)OC(=O)[C@H](C)[C@@H]1O. The van der Waals surface area contributed by atoms with Gasteiger partial charge in [0.05, 0.1) is 70.9 Å². The Balaban J connectivity index is 0.000000267. The molecule has 3 aliphatic heterocycles. The molecule has 18 atom stereocenters. The number of aryl methyl sites for hydroxylation is 1. The van der Waals surface area contributed by atoms with Crippen LogP contribution in [0.15, 0.2) is 72.8 Å². The maximum absolute atomic E-state index is 14.8. The van der Waals surface area contributed by atoms with E-state index in [2.05, 4.69) is 52.2 Å². The summed E-state index contributed by atoms with van der Waals surface area (Å²) in [4.78, 5) is 168. The molecule has 8 amide bonds. The number of amides is 8. The van der Waals surface area contributed by atoms with Gasteiger partial charge in [-0.05, 0) is 114 Å². The Morgan fingerprint density at radius 2 is 0.731 bits per heavy atom. The Morgan fingerprint density at radius 3 is 1.11 bits per heavy atom. The minimum Gasteiger partial charge on any atom is -0.507 e. The molecule has 9 rings (SSSR count). The largest absolute Gasteiger partial charge is 0.507 e. The lowest BCUT2D eigenvalue weighted by Crippen LogP contribution is -2.61. The van der Waals surface area contributed by atoms with Crippen molar-refractivity contribution in [1.82, 2.24) is 57.1 Å². The highest BCUT2D eigenvalue weighted by atomic mass is 19.2. The quantitative estimate of drug-likeness (QED) is 0.0207. The third-order valence-corrected chi connectivity index (χ3v) is 21.5. The summed E-state index contributed by atoms with van der Waals surface area (Å²) < 4.78 is 177. The van der Waals surface area contributed by atoms with Crippen LogP contribution < -0.4 is 37.2 Å². The van der Waals surface area contributed by atoms with Crippen LogP contribution in [0.25, 0.3) is 0 Å². The van der Waals surface area contributed by atoms with Gasteiger partial charge in [-0.15, -0.1) is 0 Å². The number of phenols is 3. The number of hydrogen-bond acceptors (Lipinski definition) is 25. The van der Waals surface area contributed by atoms with Gasteiger partial charge in [0.2, 0.25) is 58.9 Å². The molecule has 0 bridgehead atoms. The van der Waals surface area contributed by atoms with Crippen LogP contribution in [-0.2, 0) is 81.4 Å². The van der Waals surface area contributed by atoms with Gasteiger partial charge >= 0.3 is 23.9 Å². The number of aromatic hydroxyl groups is 3. The number of aliphatic hydroxyl groups is 3. The predicted molar refractivity (Wildman–Crippen MR) is 431 cm³/mol. The summed E-state index contributed by atoms with van der Waals surface area (Å²) in [6.45, 7) is 19.3. The molecular weight excluding hydrogens is 1750 g/mol. The van der Waals surface area contributed by atoms with E-state index in [0.717, 1.165) is 4.90 Å². The number of esters is 4. The first-order chi connectivity index (χ1) is 60.8. The minimum atomic E-state index is -2.10. The Morgan fingerprint density at radius 1 is 0.400 bits per heavy atom. The third-order valence-electron chi connectivity index (χ3n) is 21.5. The van der Waals surface area contributed by atoms with Crippen molar-refractivity contribution in [3.63, 3.8) is 0 Å². The third kappa shape index (κ3) is 26.1. The maximum atomic E-state index is 14.8. The Bertz CT molecular complexity index is 4990. The topological polar surface area (TPSA) is 489 Å². The van der Waals surface area contributed by atoms with E-state index in [1.165, 1.54) is 128 Å². The van der Waals surface area contributed by atoms with Crippen molar-refractivity contribution in [2.24, 2.45) is 35.5 Å². The molecule has 130 heavy (non-hydrogen) atoms. The predicted octanol–water partition coefficient (Wildman–Crippen LogP) is 5.87. The number of phenolic OH excluding ortho intramolecular Hbond substituents is 3. The van der Waals surface area contributed by atoms with Gasteiger partial charge in [-0.1, -0.05) is 91.8 Å². The molecule has 6 aromatic rings. The summed E-state index contributed by atoms with van der Waals surface area (Å²) in [6, 6.07) is 3.63. The lowest BCUT2D eigenvalue weighted by molar-refractivity contribution is -0.178. The second-order valence-electron chi connectivity index (χ2n) is 32.7. The number of pyridine rings is 3. The molecule has 0 radical (unpaired) electrons. The summed E-state index contributed by atoms with van der Waals surface area (Å²) in [5, 5.41) is 80.4. The molecule has 3 aliphatic rings. The van der Waals surface area contributed by atoms with Crippen LogP contribution in [0.1, 0.15) is 156 Å². The zero-order valence-corrected chi connectivity index (χ0v) is 72.5. The molecule has 33 nitrogen and oxygen atoms in total. The number of nitrogens with one attached hydrogen (secondary N) is 7. The first-order valence-electron chi connectivity index (χ1n) is 40.8. The monoisotopic (exact) mass is 1850 g/mol. The van der Waals surface area contributed by atoms with Gasteiger partial charge in [0.25, 0.3) is 35.6 Å². The van der Waals surface area contributed by atoms with Crippen molar-refractivity contribution in [2.45, 2.75) is 220 Å². The van der Waals surface area contributed by atoms with Crippen LogP contribution in [0.5, 0.6) is 17.2 Å². The highest BCUT2D eigenvalue weighted by Gasteiger charge is 2.47. The van der Waals surface area contributed by atoms with Crippen LogP contribution in [0.4, 0.5) is 48.3 Å². The summed E-state index contributed by atoms with van der Waals surface area (Å²) >= 11 is 0. The van der Waals surface area contributed by atoms with E-state index in [4.69, 9.17) is 18.9 Å². The Kier molecular flexibility index (Phi) is 36.5. The van der Waals surface area contributed by atoms with Gasteiger partial charge in [0, 0.05) is 42.3 Å². The van der Waals surface area contributed by atoms with Gasteiger partial charge in [0.1, 0.15) is 65.8 Å². The van der Waals surface area contributed by atoms with Gasteiger partial charge in [-0.25, -0.2) is 32.5 Å². The molecule has 708 valence electrons. The fourth-order valence-electron chi connectivity index (χ4n) is 14.0. The molecule has 3 unspecified atom stereocenters. The molecule has 13 N–H and O–H groups in total. The number of carbonyl (C=O) groups excluding carboxylic acids is 12. The first-order valence-corrected chi connectivity index (χ1v) is 40.8. The summed E-state index contributed by atoms with van der Waals surface area (Å²) in [6.07, 6.45) is -13.7. The van der Waals surface area contributed by atoms with Crippen LogP contribution in [0.2, 0.25) is 0 Å². The first kappa shape index (κ1) is 104. The fourth-order valence-corrected chi connectivity index (χ4v) is 14.0. The van der Waals surface area contributed by atoms with Crippen LogP contribution in [0.3, 0.4) is 0 Å². The lowest BCUT2D eigenvalue weighted by atomic mass is 9.90. The summed E-state index contributed by atoms with van der Waals surface area (Å²) in [7, 11) is 1.29. The van der Waals surface area contributed by atoms with Crippen molar-refractivity contribution < 1.29 is 155 Å². The smallest absolute Gasteiger partial charge is 0.347 e. The normalized spacial score (nSPS) is 25.2. The standard InChI is InChI=1S/C29H34F4N4O7.C29H34F3N3O8.C28H32F4N4O7/c1-12(2)10-18-29(43)44-14(4)22(35-26(40)15-8-6-7-9-19(15)38)27(41)34-17(23(39)13(3)28(42)37(18)5)11-16-20(30)21(31)25(33)36-24(16)32;1-12(2)10-20-29(41)42-15(5)23(35-26(38)16-8-6-7-9-19(16)36)27(39)34-18(24(37)13(3)28(40)43-20)11-17-14(4)33-25(32)22(31)21(17)30;1-11(2)9-17-28(42)43-13(4)21(35-26(40)14-7-5-6-8-18(14)37)27(41)33-16(22(38)12(3)25(39)34-17)10-15-19(29)20(30)24(32)36-23(15)31/h6-9,12-14,17-18,22-23,38-39H,10-11H2,1-5H3,(H,34,41)(H,35,40);6-9,12-13,15,18,20,23-24,36-37H,10-11H2,1-5H3,(H,34,39)(H,35,38);5-8,11-13,16-17,21-22,37-38H,9-10H2,1-4H3,(H,33,41)(H,34,39)(H,35,40)/t13-,14-,17+,18?,22+,23+;13-,15-,18+,20?,23+,24+;12-,13-,16+,17?,21+,22+/m111/s1. The van der Waals surface area contributed by atoms with E-state index < -0.39 is 298 Å². The number of rotatable bonds is 18. The van der Waals surface area contributed by atoms with Gasteiger partial charge in [-0.3, -0.25) is 43.2 Å². The van der Waals surface area contributed by atoms with E-state index in [1.807, 2.05) is 0 Å². The van der Waals surface area contributed by atoms with Gasteiger partial charge < -0.3 is 91.7 Å². The number of para-hydroxylation sites is 3. The Labute approximate surface area is 736 Å². The van der Waals surface area contributed by atoms with E-state index in [0.29, 0.717) is 0 Å². The zero-order chi connectivity index (χ0) is 97.4. The molecule has 0 aliphatic carbocycles. The highest BCUT2D eigenvalue weighted by Crippen LogP contribution is 2.31. The van der Waals surface area contributed by atoms with E-state index in [9.17, 15) is 136 Å². The molecule has 44 heteroatoms. The lowest BCUT2D eigenvalue weighted by Gasteiger charge is -2.36. The number of halogens is 11. The average Bonchev–Trinajstić information content (AvgIpc) is 1.05. The number of aromatic nitrogens is 3. The maximum Gasteiger partial charge on any atom is 0.347 e. The minimum absolute atomic E-state index is 0.0234. The highest BCUT2D eigenvalue weighted by molar-refractivity contribution is 6.02. The number of cyclic esters (lactones) is 4. The van der Waals surface area contributed by atoms with Gasteiger partial charge in [0.15, 0.2) is 23.6 Å². The second-order valence-corrected chi connectivity index (χ2v) is 32.7. The fraction of sp³-hybridized carbons (Fsp3) is 0.477. The van der Waals surface area contributed by atoms with Crippen LogP contribution in [0, 0.1) is 107 Å². The summed E-state index contributed by atoms with van der Waals surface area (Å²) in [5.41, 5.74) is -3.70. The van der Waals surface area contributed by atoms with E-state index >= 15 is 0 Å². The average molecular weight is 1850 g/mol. The van der Waals surface area contributed by atoms with Crippen molar-refractivity contribution in [3.8, 4) is 17.2 Å². The molecule has 6 heterocycles. The number of carbonyl (C=O) groups is 12. The molecule has 3 fully saturated rings. The number of likely N-dealkylation sites (N-methyl/N-ethyl adjacent to an activating group) is 1. The number of nitrogens with zero attached hydrogens (tertiary/aromatic N) is 4. The van der Waals surface area contributed by atoms with Crippen molar-refractivity contribution >= 4 is 71.1 Å².